The Labute approximate surface area is 194 Å². The summed E-state index contributed by atoms with van der Waals surface area (Å²) in [4.78, 5) is 34.8. The van der Waals surface area contributed by atoms with Crippen LogP contribution in [0.1, 0.15) is 24.1 Å². The van der Waals surface area contributed by atoms with Gasteiger partial charge in [0.1, 0.15) is 11.3 Å². The molecule has 1 fully saturated rings. The molecule has 32 heavy (non-hydrogen) atoms. The molecule has 1 aliphatic rings. The number of hydrogen-bond donors (Lipinski definition) is 2. The number of nitrogen functional groups attached to an aromatic ring is 1. The Morgan fingerprint density at radius 3 is 2.59 bits per heavy atom. The first-order valence-electron chi connectivity index (χ1n) is 9.32. The van der Waals surface area contributed by atoms with Crippen molar-refractivity contribution in [2.24, 2.45) is 0 Å². The van der Waals surface area contributed by atoms with E-state index in [0.717, 1.165) is 6.07 Å². The fraction of sp³-hybridized carbons (Fsp3) is 0.278. The average molecular weight is 577 g/mol. The molecule has 0 saturated heterocycles. The van der Waals surface area contributed by atoms with E-state index in [1.54, 1.807) is 4.45 Å². The lowest BCUT2D eigenvalue weighted by molar-refractivity contribution is -0.144. The lowest BCUT2D eigenvalue weighted by atomic mass is 10.2. The highest BCUT2D eigenvalue weighted by atomic mass is 127. The van der Waals surface area contributed by atoms with Crippen LogP contribution in [0.25, 0.3) is 10.9 Å². The van der Waals surface area contributed by atoms with Crippen molar-refractivity contribution < 1.29 is 22.8 Å². The Bertz CT molecular complexity index is 1180. The third-order valence-corrected chi connectivity index (χ3v) is 6.76. The summed E-state index contributed by atoms with van der Waals surface area (Å²) in [5.41, 5.74) is 6.09. The summed E-state index contributed by atoms with van der Waals surface area (Å²) in [6.07, 6.45) is 0.745. The summed E-state index contributed by atoms with van der Waals surface area (Å²) in [6.45, 7) is -0.0719. The van der Waals surface area contributed by atoms with Crippen LogP contribution in [0, 0.1) is 0 Å². The molecule has 1 unspecified atom stereocenters. The first-order valence-corrected chi connectivity index (χ1v) is 13.4. The topological polar surface area (TPSA) is 119 Å². The van der Waals surface area contributed by atoms with Gasteiger partial charge in [-0.05, 0) is 47.0 Å². The standard InChI is InChI=1S/C18H16F3IN7O2P/c19-18(20,21)9-1-2-10(24-5-9)8-28(11-3-4-11)17(31)16(30)27-13-7-25-15(23)12-6-26-29(32-22)14(12)13/h1-2,5-7,11,32H,3-4,8H2,(H2,23,25)(H,27,30). The SMILES string of the molecule is Nc1ncc(NC(=O)C(=O)N(Cc2ccc(C(F)(F)F)cn2)C2CC2)c2c1cnn2PI. The number of pyridine rings is 2. The van der Waals surface area contributed by atoms with Crippen molar-refractivity contribution in [3.8, 4) is 0 Å². The molecule has 3 aromatic rings. The summed E-state index contributed by atoms with van der Waals surface area (Å²) in [7, 11) is 0. The van der Waals surface area contributed by atoms with Crippen LogP contribution < -0.4 is 11.1 Å². The van der Waals surface area contributed by atoms with E-state index in [0.29, 0.717) is 29.9 Å². The van der Waals surface area contributed by atoms with Crippen LogP contribution in [0.15, 0.2) is 30.7 Å². The average Bonchev–Trinajstić information content (AvgIpc) is 3.50. The smallest absolute Gasteiger partial charge is 0.383 e. The minimum absolute atomic E-state index is 0.0719. The van der Waals surface area contributed by atoms with E-state index in [-0.39, 0.29) is 36.2 Å². The molecule has 3 N–H and O–H groups in total. The van der Waals surface area contributed by atoms with E-state index in [9.17, 15) is 22.8 Å². The third kappa shape index (κ3) is 4.63. The highest BCUT2D eigenvalue weighted by molar-refractivity contribution is 14.2. The van der Waals surface area contributed by atoms with Crippen LogP contribution in [-0.4, -0.2) is 42.3 Å². The molecule has 0 bridgehead atoms. The predicted molar refractivity (Wildman–Crippen MR) is 121 cm³/mol. The van der Waals surface area contributed by atoms with Gasteiger partial charge in [0.2, 0.25) is 0 Å². The number of fused-ring (bicyclic) bond motifs is 1. The summed E-state index contributed by atoms with van der Waals surface area (Å²) in [6, 6.07) is 1.94. The lowest BCUT2D eigenvalue weighted by Crippen LogP contribution is -2.41. The second kappa shape index (κ2) is 8.77. The Balaban J connectivity index is 1.53. The van der Waals surface area contributed by atoms with E-state index in [1.807, 2.05) is 0 Å². The zero-order valence-electron chi connectivity index (χ0n) is 16.2. The van der Waals surface area contributed by atoms with Crippen LogP contribution in [0.3, 0.4) is 0 Å². The van der Waals surface area contributed by atoms with Gasteiger partial charge in [-0.1, -0.05) is 0 Å². The molecule has 3 aromatic heterocycles. The number of nitrogens with one attached hydrogen (secondary N) is 1. The van der Waals surface area contributed by atoms with Crippen molar-refractivity contribution in [3.63, 3.8) is 0 Å². The molecular weight excluding hydrogens is 561 g/mol. The summed E-state index contributed by atoms with van der Waals surface area (Å²) in [5, 5.41) is 7.33. The monoisotopic (exact) mass is 577 g/mol. The number of nitrogens with two attached hydrogens (primary N) is 1. The van der Waals surface area contributed by atoms with Gasteiger partial charge in [-0.3, -0.25) is 14.6 Å². The Morgan fingerprint density at radius 2 is 2.00 bits per heavy atom. The maximum absolute atomic E-state index is 12.9. The van der Waals surface area contributed by atoms with Crippen molar-refractivity contribution in [1.82, 2.24) is 24.4 Å². The number of carbonyl (C=O) groups is 2. The minimum atomic E-state index is -4.50. The van der Waals surface area contributed by atoms with Crippen molar-refractivity contribution in [3.05, 3.63) is 42.0 Å². The van der Waals surface area contributed by atoms with Gasteiger partial charge in [-0.25, -0.2) is 9.44 Å². The van der Waals surface area contributed by atoms with E-state index >= 15 is 0 Å². The van der Waals surface area contributed by atoms with E-state index in [2.05, 4.69) is 42.4 Å². The molecule has 0 aliphatic heterocycles. The quantitative estimate of drug-likeness (QED) is 0.273. The largest absolute Gasteiger partial charge is 0.417 e. The van der Waals surface area contributed by atoms with E-state index in [4.69, 9.17) is 5.73 Å². The van der Waals surface area contributed by atoms with Crippen molar-refractivity contribution in [2.45, 2.75) is 31.6 Å². The number of anilines is 2. The van der Waals surface area contributed by atoms with Crippen LogP contribution in [0.5, 0.6) is 0 Å². The normalized spacial score (nSPS) is 14.2. The third-order valence-electron chi connectivity index (χ3n) is 4.89. The molecule has 0 spiro atoms. The zero-order valence-corrected chi connectivity index (χ0v) is 19.4. The molecule has 2 amide bonds. The number of alkyl halides is 3. The Hall–Kier alpha value is -2.54. The van der Waals surface area contributed by atoms with Crippen LogP contribution in [0.4, 0.5) is 24.7 Å². The van der Waals surface area contributed by atoms with Gasteiger partial charge in [-0.2, -0.15) is 18.3 Å². The number of aromatic nitrogens is 4. The molecule has 0 aromatic carbocycles. The molecule has 0 radical (unpaired) electrons. The summed E-state index contributed by atoms with van der Waals surface area (Å²) >= 11 is 2.12. The zero-order chi connectivity index (χ0) is 23.0. The predicted octanol–water partition coefficient (Wildman–Crippen LogP) is 3.35. The van der Waals surface area contributed by atoms with Gasteiger partial charge in [0, 0.05) is 12.2 Å². The fourth-order valence-corrected chi connectivity index (χ4v) is 4.66. The summed E-state index contributed by atoms with van der Waals surface area (Å²) < 4.78 is 39.9. The first kappa shape index (κ1) is 22.6. The maximum Gasteiger partial charge on any atom is 0.417 e. The summed E-state index contributed by atoms with van der Waals surface area (Å²) in [5.74, 6) is -1.44. The number of amides is 2. The number of hydrogen-bond acceptors (Lipinski definition) is 6. The van der Waals surface area contributed by atoms with Gasteiger partial charge in [-0.15, -0.1) is 0 Å². The molecule has 3 heterocycles. The van der Waals surface area contributed by atoms with Crippen LogP contribution in [-0.2, 0) is 22.3 Å². The van der Waals surface area contributed by atoms with E-state index < -0.39 is 23.6 Å². The van der Waals surface area contributed by atoms with Crippen molar-refractivity contribution in [2.75, 3.05) is 11.1 Å². The molecule has 4 rings (SSSR count). The number of nitrogens with zero attached hydrogens (tertiary/aromatic N) is 5. The molecule has 1 saturated carbocycles. The van der Waals surface area contributed by atoms with Gasteiger partial charge in [0.15, 0.2) is 0 Å². The molecule has 168 valence electrons. The van der Waals surface area contributed by atoms with Crippen LogP contribution >= 0.6 is 28.4 Å². The van der Waals surface area contributed by atoms with E-state index in [1.165, 1.54) is 23.4 Å². The lowest BCUT2D eigenvalue weighted by Gasteiger charge is -2.21. The second-order valence-corrected chi connectivity index (χ2v) is 9.15. The number of carbonyl (C=O) groups excluding carboxylic acids is 2. The maximum atomic E-state index is 12.9. The van der Waals surface area contributed by atoms with Gasteiger partial charge < -0.3 is 16.0 Å². The molecular formula is C18H16F3IN7O2P. The fourth-order valence-electron chi connectivity index (χ4n) is 3.13. The Morgan fingerprint density at radius 1 is 1.25 bits per heavy atom. The minimum Gasteiger partial charge on any atom is -0.383 e. The molecule has 1 atom stereocenters. The van der Waals surface area contributed by atoms with Crippen LogP contribution in [0.2, 0.25) is 0 Å². The highest BCUT2D eigenvalue weighted by Crippen LogP contribution is 2.34. The van der Waals surface area contributed by atoms with Gasteiger partial charge in [0.25, 0.3) is 0 Å². The molecule has 14 heteroatoms. The van der Waals surface area contributed by atoms with Crippen molar-refractivity contribution >= 4 is 62.6 Å². The van der Waals surface area contributed by atoms with Gasteiger partial charge in [0.05, 0.1) is 47.6 Å². The second-order valence-electron chi connectivity index (χ2n) is 7.11. The van der Waals surface area contributed by atoms with Crippen molar-refractivity contribution in [1.29, 1.82) is 0 Å². The highest BCUT2D eigenvalue weighted by Gasteiger charge is 2.36. The first-order chi connectivity index (χ1) is 15.2. The number of rotatable bonds is 5. The van der Waals surface area contributed by atoms with Gasteiger partial charge >= 0.3 is 18.0 Å². The Kier molecular flexibility index (Phi) is 6.21. The number of halogens is 4. The molecule has 1 aliphatic carbocycles. The molecule has 9 nitrogen and oxygen atoms in total.